The summed E-state index contributed by atoms with van der Waals surface area (Å²) in [5, 5.41) is 2.04. The lowest BCUT2D eigenvalue weighted by Gasteiger charge is -2.14. The van der Waals surface area contributed by atoms with E-state index in [-0.39, 0.29) is 42.9 Å². The third-order valence-electron chi connectivity index (χ3n) is 2.82. The van der Waals surface area contributed by atoms with E-state index in [9.17, 15) is 19.2 Å². The minimum absolute atomic E-state index is 0.0701. The Kier molecular flexibility index (Phi) is 9.69. The van der Waals surface area contributed by atoms with Crippen LogP contribution >= 0.6 is 11.8 Å². The lowest BCUT2D eigenvalue weighted by molar-refractivity contribution is -0.138. The maximum atomic E-state index is 12.0. The van der Waals surface area contributed by atoms with Gasteiger partial charge in [0.25, 0.3) is 0 Å². The average molecular weight is 316 g/mol. The first kappa shape index (κ1) is 19.6. The number of carbonyl (C=O) groups is 4. The molecule has 1 N–H and O–H groups in total. The van der Waals surface area contributed by atoms with Gasteiger partial charge in [0.15, 0.2) is 0 Å². The number of nitrogens with zero attached hydrogens (tertiary/aromatic N) is 1. The topological polar surface area (TPSA) is 83.6 Å². The molecule has 21 heavy (non-hydrogen) atoms. The number of Topliss-reactive ketones (excluding diaryl/α,β-unsaturated/α-hetero) is 1. The van der Waals surface area contributed by atoms with Crippen LogP contribution < -0.4 is 5.32 Å². The second-order valence-corrected chi connectivity index (χ2v) is 5.63. The van der Waals surface area contributed by atoms with E-state index < -0.39 is 5.25 Å². The largest absolute Gasteiger partial charge is 0.359 e. The predicted molar refractivity (Wildman–Crippen MR) is 82.9 cm³/mol. The van der Waals surface area contributed by atoms with Crippen LogP contribution in [0.5, 0.6) is 0 Å². The first-order valence-electron chi connectivity index (χ1n) is 7.11. The molecule has 1 aliphatic heterocycles. The van der Waals surface area contributed by atoms with Crippen molar-refractivity contribution in [1.82, 2.24) is 10.2 Å². The number of ketones is 1. The molecule has 0 saturated carbocycles. The zero-order valence-corrected chi connectivity index (χ0v) is 13.9. The van der Waals surface area contributed by atoms with E-state index in [1.807, 2.05) is 13.8 Å². The molecular weight excluding hydrogens is 292 g/mol. The number of amides is 3. The van der Waals surface area contributed by atoms with Gasteiger partial charge >= 0.3 is 0 Å². The maximum Gasteiger partial charge on any atom is 0.242 e. The SMILES string of the molecule is CC.CNC(=O)CCN1C(=O)CC(SCCC(C)=O)C1=O. The van der Waals surface area contributed by atoms with Crippen molar-refractivity contribution < 1.29 is 19.2 Å². The molecule has 3 amide bonds. The minimum atomic E-state index is -0.406. The Hall–Kier alpha value is -1.37. The number of likely N-dealkylation sites (tertiary alicyclic amines) is 1. The summed E-state index contributed by atoms with van der Waals surface area (Å²) < 4.78 is 0. The van der Waals surface area contributed by atoms with E-state index in [1.165, 1.54) is 25.7 Å². The molecule has 0 aromatic rings. The van der Waals surface area contributed by atoms with Gasteiger partial charge in [-0.1, -0.05) is 13.8 Å². The first-order valence-corrected chi connectivity index (χ1v) is 8.16. The highest BCUT2D eigenvalue weighted by atomic mass is 32.2. The van der Waals surface area contributed by atoms with Crippen molar-refractivity contribution in [2.24, 2.45) is 0 Å². The zero-order valence-electron chi connectivity index (χ0n) is 13.1. The van der Waals surface area contributed by atoms with Crippen LogP contribution in [0.25, 0.3) is 0 Å². The highest BCUT2D eigenvalue weighted by Gasteiger charge is 2.38. The standard InChI is InChI=1S/C12H18N2O4S.C2H6/c1-8(15)4-6-19-9-7-11(17)14(12(9)18)5-3-10(16)13-2;1-2/h9H,3-7H2,1-2H3,(H,13,16);1-2H3. The lowest BCUT2D eigenvalue weighted by atomic mass is 10.3. The van der Waals surface area contributed by atoms with Crippen LogP contribution in [0.4, 0.5) is 0 Å². The van der Waals surface area contributed by atoms with E-state index in [2.05, 4.69) is 5.32 Å². The molecule has 7 heteroatoms. The number of imide groups is 1. The Bertz CT molecular complexity index is 398. The van der Waals surface area contributed by atoms with Crippen LogP contribution in [0.15, 0.2) is 0 Å². The van der Waals surface area contributed by atoms with Gasteiger partial charge in [-0.25, -0.2) is 0 Å². The fraction of sp³-hybridized carbons (Fsp3) is 0.714. The molecule has 1 aliphatic rings. The number of nitrogens with one attached hydrogen (secondary N) is 1. The summed E-state index contributed by atoms with van der Waals surface area (Å²) in [6.45, 7) is 5.62. The Morgan fingerprint density at radius 3 is 2.43 bits per heavy atom. The monoisotopic (exact) mass is 316 g/mol. The molecule has 1 unspecified atom stereocenters. The van der Waals surface area contributed by atoms with Crippen molar-refractivity contribution in [1.29, 1.82) is 0 Å². The molecule has 1 rings (SSSR count). The smallest absolute Gasteiger partial charge is 0.242 e. The molecular formula is C14H24N2O4S. The third-order valence-corrected chi connectivity index (χ3v) is 4.03. The molecule has 6 nitrogen and oxygen atoms in total. The molecule has 0 aromatic heterocycles. The van der Waals surface area contributed by atoms with Gasteiger partial charge in [0.05, 0.1) is 5.25 Å². The van der Waals surface area contributed by atoms with Gasteiger partial charge in [-0.05, 0) is 6.92 Å². The van der Waals surface area contributed by atoms with Gasteiger partial charge in [0.1, 0.15) is 5.78 Å². The Morgan fingerprint density at radius 1 is 1.29 bits per heavy atom. The summed E-state index contributed by atoms with van der Waals surface area (Å²) >= 11 is 1.33. The van der Waals surface area contributed by atoms with Crippen molar-refractivity contribution in [3.05, 3.63) is 0 Å². The van der Waals surface area contributed by atoms with Crippen LogP contribution in [0, 0.1) is 0 Å². The van der Waals surface area contributed by atoms with Gasteiger partial charge in [0, 0.05) is 38.6 Å². The van der Waals surface area contributed by atoms with Crippen molar-refractivity contribution in [2.75, 3.05) is 19.3 Å². The highest BCUT2D eigenvalue weighted by Crippen LogP contribution is 2.25. The van der Waals surface area contributed by atoms with E-state index in [0.717, 1.165) is 4.90 Å². The number of hydrogen-bond donors (Lipinski definition) is 1. The average Bonchev–Trinajstić information content (AvgIpc) is 2.73. The predicted octanol–water partition coefficient (Wildman–Crippen LogP) is 0.988. The molecule has 1 fully saturated rings. The summed E-state index contributed by atoms with van der Waals surface area (Å²) in [5.74, 6) is -0.0758. The first-order chi connectivity index (χ1) is 9.95. The Balaban J connectivity index is 0.00000191. The summed E-state index contributed by atoms with van der Waals surface area (Å²) in [4.78, 5) is 46.7. The zero-order chi connectivity index (χ0) is 16.4. The van der Waals surface area contributed by atoms with Crippen molar-refractivity contribution in [3.8, 4) is 0 Å². The number of carbonyl (C=O) groups excluding carboxylic acids is 4. The van der Waals surface area contributed by atoms with Crippen LogP contribution in [-0.2, 0) is 19.2 Å². The van der Waals surface area contributed by atoms with Gasteiger partial charge in [0.2, 0.25) is 17.7 Å². The second-order valence-electron chi connectivity index (χ2n) is 4.32. The second kappa shape index (κ2) is 10.4. The van der Waals surface area contributed by atoms with Gasteiger partial charge in [-0.15, -0.1) is 11.8 Å². The van der Waals surface area contributed by atoms with Crippen LogP contribution in [0.2, 0.25) is 0 Å². The summed E-state index contributed by atoms with van der Waals surface area (Å²) in [7, 11) is 1.51. The molecule has 0 radical (unpaired) electrons. The van der Waals surface area contributed by atoms with Gasteiger partial charge < -0.3 is 5.32 Å². The van der Waals surface area contributed by atoms with Crippen LogP contribution in [0.1, 0.15) is 40.0 Å². The van der Waals surface area contributed by atoms with E-state index in [0.29, 0.717) is 12.2 Å². The van der Waals surface area contributed by atoms with E-state index >= 15 is 0 Å². The molecule has 0 aromatic carbocycles. The summed E-state index contributed by atoms with van der Waals surface area (Å²) in [5.41, 5.74) is 0. The molecule has 1 saturated heterocycles. The normalized spacial score (nSPS) is 17.3. The summed E-state index contributed by atoms with van der Waals surface area (Å²) in [6.07, 6.45) is 0.689. The maximum absolute atomic E-state index is 12.0. The van der Waals surface area contributed by atoms with E-state index in [1.54, 1.807) is 0 Å². The Labute approximate surface area is 130 Å². The molecule has 1 atom stereocenters. The third kappa shape index (κ3) is 6.75. The van der Waals surface area contributed by atoms with Crippen molar-refractivity contribution in [2.45, 2.75) is 45.3 Å². The number of rotatable bonds is 7. The highest BCUT2D eigenvalue weighted by molar-refractivity contribution is 8.00. The minimum Gasteiger partial charge on any atom is -0.359 e. The molecule has 1 heterocycles. The summed E-state index contributed by atoms with van der Waals surface area (Å²) in [6, 6.07) is 0. The molecule has 0 spiro atoms. The fourth-order valence-electron chi connectivity index (χ4n) is 1.70. The van der Waals surface area contributed by atoms with Crippen LogP contribution in [-0.4, -0.2) is 53.0 Å². The van der Waals surface area contributed by atoms with Crippen molar-refractivity contribution in [3.63, 3.8) is 0 Å². The van der Waals surface area contributed by atoms with Gasteiger partial charge in [-0.3, -0.25) is 24.1 Å². The van der Waals surface area contributed by atoms with Crippen LogP contribution in [0.3, 0.4) is 0 Å². The molecule has 0 bridgehead atoms. The van der Waals surface area contributed by atoms with Crippen molar-refractivity contribution >= 4 is 35.3 Å². The number of thioether (sulfide) groups is 1. The van der Waals surface area contributed by atoms with Gasteiger partial charge in [-0.2, -0.15) is 0 Å². The lowest BCUT2D eigenvalue weighted by Crippen LogP contribution is -2.34. The molecule has 120 valence electrons. The van der Waals surface area contributed by atoms with E-state index in [4.69, 9.17) is 0 Å². The fourth-order valence-corrected chi connectivity index (χ4v) is 2.92. The quantitative estimate of drug-likeness (QED) is 0.708. The Morgan fingerprint density at radius 2 is 1.90 bits per heavy atom. The number of hydrogen-bond acceptors (Lipinski definition) is 5. The molecule has 0 aliphatic carbocycles.